The first-order valence-electron chi connectivity index (χ1n) is 10.1. The molecule has 0 saturated carbocycles. The van der Waals surface area contributed by atoms with E-state index in [2.05, 4.69) is 10.3 Å². The fourth-order valence-corrected chi connectivity index (χ4v) is 4.40. The molecule has 1 fully saturated rings. The summed E-state index contributed by atoms with van der Waals surface area (Å²) in [6.07, 6.45) is 0.575. The molecule has 3 aromatic rings. The number of likely N-dealkylation sites (tertiary alicyclic amines) is 1. The molecule has 164 valence electrons. The van der Waals surface area contributed by atoms with Crippen LogP contribution in [0.2, 0.25) is 0 Å². The highest BCUT2D eigenvalue weighted by atomic mass is 32.1. The first-order valence-corrected chi connectivity index (χ1v) is 11.0. The maximum atomic E-state index is 13.0. The highest BCUT2D eigenvalue weighted by molar-refractivity contribution is 7.09. The Labute approximate surface area is 184 Å². The summed E-state index contributed by atoms with van der Waals surface area (Å²) in [5.41, 5.74) is 3.77. The molecule has 1 unspecified atom stereocenters. The van der Waals surface area contributed by atoms with Gasteiger partial charge in [-0.05, 0) is 38.5 Å². The molecule has 9 heteroatoms. The number of ether oxygens (including phenoxy) is 2. The fraction of sp³-hybridized carbons (Fsp3) is 0.409. The minimum absolute atomic E-state index is 0.0835. The van der Waals surface area contributed by atoms with Gasteiger partial charge in [-0.15, -0.1) is 11.3 Å². The van der Waals surface area contributed by atoms with E-state index in [0.717, 1.165) is 10.6 Å². The minimum atomic E-state index is -0.539. The zero-order valence-corrected chi connectivity index (χ0v) is 18.6. The maximum absolute atomic E-state index is 13.0. The third-order valence-corrected chi connectivity index (χ3v) is 6.35. The summed E-state index contributed by atoms with van der Waals surface area (Å²) < 4.78 is 16.7. The molecule has 2 aromatic heterocycles. The average Bonchev–Trinajstić information content (AvgIpc) is 3.41. The molecule has 0 bridgehead atoms. The Bertz CT molecular complexity index is 1110. The molecule has 1 aliphatic heterocycles. The van der Waals surface area contributed by atoms with Crippen LogP contribution >= 0.6 is 11.3 Å². The van der Waals surface area contributed by atoms with Gasteiger partial charge in [-0.1, -0.05) is 0 Å². The molecule has 0 spiro atoms. The highest BCUT2D eigenvalue weighted by Gasteiger charge is 2.33. The van der Waals surface area contributed by atoms with E-state index in [1.165, 1.54) is 0 Å². The second kappa shape index (κ2) is 9.07. The van der Waals surface area contributed by atoms with Crippen LogP contribution in [-0.4, -0.2) is 54.5 Å². The van der Waals surface area contributed by atoms with Gasteiger partial charge in [0.05, 0.1) is 28.3 Å². The number of fused-ring (bicyclic) bond motifs is 1. The average molecular weight is 444 g/mol. The lowest BCUT2D eigenvalue weighted by Crippen LogP contribution is -2.42. The van der Waals surface area contributed by atoms with E-state index < -0.39 is 6.04 Å². The normalized spacial score (nSPS) is 16.3. The van der Waals surface area contributed by atoms with Crippen LogP contribution < -0.4 is 10.1 Å². The molecule has 1 aromatic carbocycles. The predicted octanol–water partition coefficient (Wildman–Crippen LogP) is 3.06. The quantitative estimate of drug-likeness (QED) is 0.575. The zero-order chi connectivity index (χ0) is 22.0. The Morgan fingerprint density at radius 2 is 2.23 bits per heavy atom. The number of thiazole rings is 1. The monoisotopic (exact) mass is 443 g/mol. The molecule has 1 saturated heterocycles. The van der Waals surface area contributed by atoms with E-state index in [4.69, 9.17) is 13.9 Å². The molecule has 1 N–H and O–H groups in total. The second-order valence-electron chi connectivity index (χ2n) is 7.47. The summed E-state index contributed by atoms with van der Waals surface area (Å²) in [7, 11) is 1.60. The molecular formula is C22H25N3O5S. The van der Waals surface area contributed by atoms with Crippen molar-refractivity contribution in [2.24, 2.45) is 0 Å². The van der Waals surface area contributed by atoms with Crippen LogP contribution in [0.5, 0.6) is 5.75 Å². The molecular weight excluding hydrogens is 418 g/mol. The number of furan rings is 1. The van der Waals surface area contributed by atoms with Crippen molar-refractivity contribution < 1.29 is 23.5 Å². The van der Waals surface area contributed by atoms with E-state index in [0.29, 0.717) is 60.8 Å². The number of aromatic nitrogens is 1. The summed E-state index contributed by atoms with van der Waals surface area (Å²) in [5, 5.41) is 3.54. The molecule has 1 aliphatic rings. The smallest absolute Gasteiger partial charge is 0.256 e. The number of nitrogens with zero attached hydrogens (tertiary/aromatic N) is 2. The number of hydrogen-bond acceptors (Lipinski definition) is 7. The molecule has 3 heterocycles. The number of carbonyl (C=O) groups is 2. The Morgan fingerprint density at radius 1 is 1.39 bits per heavy atom. The van der Waals surface area contributed by atoms with Gasteiger partial charge in [-0.3, -0.25) is 9.59 Å². The number of methoxy groups -OCH3 is 1. The van der Waals surface area contributed by atoms with Gasteiger partial charge in [0.15, 0.2) is 0 Å². The fourth-order valence-electron chi connectivity index (χ4n) is 3.71. The van der Waals surface area contributed by atoms with Crippen molar-refractivity contribution in [1.29, 1.82) is 0 Å². The summed E-state index contributed by atoms with van der Waals surface area (Å²) >= 11 is 1.54. The molecule has 4 rings (SSSR count). The Kier molecular flexibility index (Phi) is 6.24. The Hall–Kier alpha value is -2.91. The van der Waals surface area contributed by atoms with Crippen LogP contribution in [0.4, 0.5) is 0 Å². The first-order chi connectivity index (χ1) is 15.0. The lowest BCUT2D eigenvalue weighted by atomic mass is 10.1. The minimum Gasteiger partial charge on any atom is -0.488 e. The van der Waals surface area contributed by atoms with E-state index in [1.54, 1.807) is 47.9 Å². The first kappa shape index (κ1) is 21.3. The van der Waals surface area contributed by atoms with Crippen LogP contribution in [0.25, 0.3) is 11.0 Å². The number of rotatable bonds is 8. The van der Waals surface area contributed by atoms with Gasteiger partial charge in [0.25, 0.3) is 5.91 Å². The van der Waals surface area contributed by atoms with Gasteiger partial charge in [0.2, 0.25) is 5.91 Å². The number of nitrogens with one attached hydrogen (secondary N) is 1. The van der Waals surface area contributed by atoms with Crippen LogP contribution in [0, 0.1) is 13.8 Å². The van der Waals surface area contributed by atoms with Gasteiger partial charge in [0, 0.05) is 25.6 Å². The third kappa shape index (κ3) is 4.42. The number of aryl methyl sites for hydroxylation is 2. The van der Waals surface area contributed by atoms with Gasteiger partial charge >= 0.3 is 0 Å². The van der Waals surface area contributed by atoms with Gasteiger partial charge in [-0.25, -0.2) is 4.98 Å². The topological polar surface area (TPSA) is 93.9 Å². The van der Waals surface area contributed by atoms with Crippen molar-refractivity contribution in [1.82, 2.24) is 15.2 Å². The van der Waals surface area contributed by atoms with Crippen LogP contribution in [0.3, 0.4) is 0 Å². The van der Waals surface area contributed by atoms with Gasteiger partial charge in [-0.2, -0.15) is 0 Å². The molecule has 2 amide bonds. The van der Waals surface area contributed by atoms with Gasteiger partial charge in [0.1, 0.15) is 29.7 Å². The van der Waals surface area contributed by atoms with Crippen LogP contribution in [0.1, 0.15) is 33.1 Å². The number of amides is 2. The predicted molar refractivity (Wildman–Crippen MR) is 116 cm³/mol. The number of benzene rings is 1. The van der Waals surface area contributed by atoms with E-state index >= 15 is 0 Å². The van der Waals surface area contributed by atoms with E-state index in [1.807, 2.05) is 13.0 Å². The molecule has 31 heavy (non-hydrogen) atoms. The van der Waals surface area contributed by atoms with E-state index in [9.17, 15) is 9.59 Å². The third-order valence-electron chi connectivity index (χ3n) is 5.45. The summed E-state index contributed by atoms with van der Waals surface area (Å²) in [5.74, 6) is 0.737. The standard InChI is InChI=1S/C22H25N3O5S/c1-13-19(31-12-23-13)11-29-15-4-5-18-16(10-15)20(14(2)30-18)21(26)24-17-6-7-25(22(17)27)8-9-28-3/h4-5,10,12,17H,6-9,11H2,1-3H3,(H,24,26). The SMILES string of the molecule is COCCN1CCC(NC(=O)c2c(C)oc3ccc(OCc4scnc4C)cc23)C1=O. The van der Waals surface area contributed by atoms with Crippen molar-refractivity contribution in [3.63, 3.8) is 0 Å². The van der Waals surface area contributed by atoms with Crippen molar-refractivity contribution in [2.75, 3.05) is 26.8 Å². The molecule has 8 nitrogen and oxygen atoms in total. The Balaban J connectivity index is 1.50. The van der Waals surface area contributed by atoms with Crippen molar-refractivity contribution in [3.8, 4) is 5.75 Å². The maximum Gasteiger partial charge on any atom is 0.256 e. The van der Waals surface area contributed by atoms with Crippen molar-refractivity contribution >= 4 is 34.1 Å². The largest absolute Gasteiger partial charge is 0.488 e. The van der Waals surface area contributed by atoms with Crippen molar-refractivity contribution in [3.05, 3.63) is 45.6 Å². The summed E-state index contributed by atoms with van der Waals surface area (Å²) in [4.78, 5) is 32.6. The highest BCUT2D eigenvalue weighted by Crippen LogP contribution is 2.30. The zero-order valence-electron chi connectivity index (χ0n) is 17.8. The van der Waals surface area contributed by atoms with E-state index in [-0.39, 0.29) is 11.8 Å². The van der Waals surface area contributed by atoms with Crippen LogP contribution in [-0.2, 0) is 16.1 Å². The second-order valence-corrected chi connectivity index (χ2v) is 8.41. The number of hydrogen-bond donors (Lipinski definition) is 1. The van der Waals surface area contributed by atoms with Crippen molar-refractivity contribution in [2.45, 2.75) is 32.9 Å². The molecule has 0 aliphatic carbocycles. The van der Waals surface area contributed by atoms with Gasteiger partial charge < -0.3 is 24.1 Å². The summed E-state index contributed by atoms with van der Waals surface area (Å²) in [6, 6.07) is 4.87. The van der Waals surface area contributed by atoms with Crippen LogP contribution in [0.15, 0.2) is 28.1 Å². The summed E-state index contributed by atoms with van der Waals surface area (Å²) in [6.45, 7) is 5.71. The molecule has 1 atom stereocenters. The molecule has 0 radical (unpaired) electrons. The lowest BCUT2D eigenvalue weighted by Gasteiger charge is -2.16. The Morgan fingerprint density at radius 3 is 2.97 bits per heavy atom. The lowest BCUT2D eigenvalue weighted by molar-refractivity contribution is -0.129. The number of carbonyl (C=O) groups excluding carboxylic acids is 2.